The number of para-hydroxylation sites is 1. The molecule has 0 fully saturated rings. The molecule has 3 N–H and O–H groups in total. The molecule has 3 aromatic heterocycles. The van der Waals surface area contributed by atoms with Crippen LogP contribution < -0.4 is 5.73 Å². The van der Waals surface area contributed by atoms with E-state index in [1.807, 2.05) is 55.7 Å². The van der Waals surface area contributed by atoms with Crippen molar-refractivity contribution in [1.29, 1.82) is 0 Å². The van der Waals surface area contributed by atoms with E-state index in [1.54, 1.807) is 12.3 Å². The molecule has 0 saturated carbocycles. The summed E-state index contributed by atoms with van der Waals surface area (Å²) in [6, 6.07) is 9.40. The van der Waals surface area contributed by atoms with Crippen molar-refractivity contribution >= 4 is 49.8 Å². The van der Waals surface area contributed by atoms with Gasteiger partial charge in [0.15, 0.2) is 0 Å². The van der Waals surface area contributed by atoms with Gasteiger partial charge in [-0.05, 0) is 48.8 Å². The van der Waals surface area contributed by atoms with Gasteiger partial charge in [-0.2, -0.15) is 0 Å². The number of carboxylic acid groups (broad SMARTS) is 1. The Bertz CT molecular complexity index is 1370. The number of hydrogen-bond donors (Lipinski definition) is 2. The lowest BCUT2D eigenvalue weighted by Gasteiger charge is -2.38. The monoisotopic (exact) mass is 508 g/mol. The minimum Gasteiger partial charge on any atom is -0.465 e. The van der Waals surface area contributed by atoms with Gasteiger partial charge in [-0.3, -0.25) is 9.88 Å². The first-order valence-corrected chi connectivity index (χ1v) is 11.2. The van der Waals surface area contributed by atoms with Crippen molar-refractivity contribution in [3.63, 3.8) is 0 Å². The van der Waals surface area contributed by atoms with Gasteiger partial charge in [-0.15, -0.1) is 6.58 Å². The molecule has 3 heterocycles. The number of nitrogen functional groups attached to an aromatic ring is 1. The third-order valence-corrected chi connectivity index (χ3v) is 6.41. The maximum Gasteiger partial charge on any atom is 0.408 e. The number of aromatic nitrogens is 4. The van der Waals surface area contributed by atoms with Gasteiger partial charge in [0.05, 0.1) is 21.5 Å². The lowest BCUT2D eigenvalue weighted by molar-refractivity contribution is 0.0786. The number of benzene rings is 1. The van der Waals surface area contributed by atoms with Crippen LogP contribution in [0.15, 0.2) is 60.1 Å². The quantitative estimate of drug-likeness (QED) is 0.352. The minimum atomic E-state index is -1.02. The number of hydrogen-bond acceptors (Lipinski definition) is 5. The number of nitrogens with two attached hydrogens (primary N) is 1. The van der Waals surface area contributed by atoms with Gasteiger partial charge in [-0.1, -0.05) is 24.3 Å². The van der Waals surface area contributed by atoms with Gasteiger partial charge < -0.3 is 15.4 Å². The molecule has 0 radical (unpaired) electrons. The zero-order valence-electron chi connectivity index (χ0n) is 18.7. The van der Waals surface area contributed by atoms with E-state index in [2.05, 4.69) is 37.5 Å². The maximum absolute atomic E-state index is 12.1. The predicted molar refractivity (Wildman–Crippen MR) is 134 cm³/mol. The predicted octanol–water partition coefficient (Wildman–Crippen LogP) is 5.32. The molecule has 1 amide bonds. The third kappa shape index (κ3) is 4.04. The molecule has 4 rings (SSSR count). The molecule has 0 saturated heterocycles. The van der Waals surface area contributed by atoms with Crippen molar-refractivity contribution in [2.75, 3.05) is 5.73 Å². The molecule has 8 nitrogen and oxygen atoms in total. The van der Waals surface area contributed by atoms with Crippen molar-refractivity contribution in [2.24, 2.45) is 0 Å². The highest BCUT2D eigenvalue weighted by atomic mass is 79.9. The van der Waals surface area contributed by atoms with Gasteiger partial charge in [0, 0.05) is 34.8 Å². The molecule has 33 heavy (non-hydrogen) atoms. The Kier molecular flexibility index (Phi) is 5.84. The third-order valence-electron chi connectivity index (χ3n) is 5.59. The minimum absolute atomic E-state index is 0.293. The first-order chi connectivity index (χ1) is 15.6. The van der Waals surface area contributed by atoms with Crippen LogP contribution in [0.3, 0.4) is 0 Å². The second-order valence-electron chi connectivity index (χ2n) is 8.78. The molecule has 0 aliphatic heterocycles. The fraction of sp³-hybridized carbons (Fsp3) is 0.250. The van der Waals surface area contributed by atoms with Crippen LogP contribution in [0.4, 0.5) is 10.6 Å². The fourth-order valence-electron chi connectivity index (χ4n) is 4.18. The second kappa shape index (κ2) is 8.47. The maximum atomic E-state index is 12.1. The largest absolute Gasteiger partial charge is 0.465 e. The highest BCUT2D eigenvalue weighted by Gasteiger charge is 2.33. The van der Waals surface area contributed by atoms with Crippen LogP contribution in [0, 0.1) is 0 Å². The van der Waals surface area contributed by atoms with Crippen LogP contribution in [-0.2, 0) is 6.54 Å². The molecule has 1 aromatic carbocycles. The van der Waals surface area contributed by atoms with Crippen LogP contribution in [0.2, 0.25) is 0 Å². The van der Waals surface area contributed by atoms with E-state index in [0.717, 1.165) is 22.0 Å². The summed E-state index contributed by atoms with van der Waals surface area (Å²) in [5.41, 5.74) is 8.82. The van der Waals surface area contributed by atoms with Crippen LogP contribution in [0.1, 0.15) is 20.8 Å². The summed E-state index contributed by atoms with van der Waals surface area (Å²) in [5, 5.41) is 11.6. The Hall–Kier alpha value is -3.46. The van der Waals surface area contributed by atoms with Crippen LogP contribution in [0.25, 0.3) is 33.1 Å². The first kappa shape index (κ1) is 22.7. The summed E-state index contributed by atoms with van der Waals surface area (Å²) in [6.07, 6.45) is 3.82. The van der Waals surface area contributed by atoms with Gasteiger partial charge in [0.2, 0.25) is 0 Å². The lowest BCUT2D eigenvalue weighted by atomic mass is 10.0. The summed E-state index contributed by atoms with van der Waals surface area (Å²) >= 11 is 3.74. The first-order valence-electron chi connectivity index (χ1n) is 10.4. The van der Waals surface area contributed by atoms with Crippen molar-refractivity contribution in [3.8, 4) is 11.1 Å². The number of anilines is 1. The van der Waals surface area contributed by atoms with E-state index in [0.29, 0.717) is 28.0 Å². The highest BCUT2D eigenvalue weighted by Crippen LogP contribution is 2.40. The molecular weight excluding hydrogens is 484 g/mol. The topological polar surface area (TPSA) is 110 Å². The average Bonchev–Trinajstić information content (AvgIpc) is 3.04. The summed E-state index contributed by atoms with van der Waals surface area (Å²) in [7, 11) is 0. The zero-order chi connectivity index (χ0) is 23.9. The molecular formula is C24H25BrN6O2. The lowest BCUT2D eigenvalue weighted by Crippen LogP contribution is -2.51. The molecule has 0 aliphatic rings. The van der Waals surface area contributed by atoms with Gasteiger partial charge in [0.1, 0.15) is 17.8 Å². The van der Waals surface area contributed by atoms with Gasteiger partial charge >= 0.3 is 6.09 Å². The number of pyridine rings is 1. The van der Waals surface area contributed by atoms with Gasteiger partial charge in [-0.25, -0.2) is 14.8 Å². The molecule has 0 spiro atoms. The molecule has 4 aromatic rings. The summed E-state index contributed by atoms with van der Waals surface area (Å²) in [4.78, 5) is 26.8. The summed E-state index contributed by atoms with van der Waals surface area (Å²) < 4.78 is 2.62. The Morgan fingerprint density at radius 2 is 2.03 bits per heavy atom. The van der Waals surface area contributed by atoms with E-state index in [9.17, 15) is 9.90 Å². The summed E-state index contributed by atoms with van der Waals surface area (Å²) in [5.74, 6) is 0.337. The number of amides is 1. The van der Waals surface area contributed by atoms with Crippen molar-refractivity contribution < 1.29 is 9.90 Å². The Morgan fingerprint density at radius 1 is 1.30 bits per heavy atom. The molecule has 0 bridgehead atoms. The highest BCUT2D eigenvalue weighted by molar-refractivity contribution is 9.10. The number of nitrogens with zero attached hydrogens (tertiary/aromatic N) is 5. The zero-order valence-corrected chi connectivity index (χ0v) is 20.2. The standard InChI is InChI=1S/C24H25BrN6O2/c1-5-16(31(23(32)33)24(2,3)4)12-30-20(25)18(19-21(26)28-13-29-22(19)30)15-10-14-8-6-7-9-17(14)27-11-15/h5-11,13,16H,1,12H2,2-4H3,(H,32,33)(H2,26,28,29). The molecule has 0 aliphatic carbocycles. The second-order valence-corrected chi connectivity index (χ2v) is 9.53. The Morgan fingerprint density at radius 3 is 2.70 bits per heavy atom. The Labute approximate surface area is 199 Å². The fourth-order valence-corrected chi connectivity index (χ4v) is 4.92. The van der Waals surface area contributed by atoms with Crippen molar-refractivity contribution in [3.05, 3.63) is 60.1 Å². The molecule has 9 heteroatoms. The van der Waals surface area contributed by atoms with E-state index >= 15 is 0 Å². The van der Waals surface area contributed by atoms with E-state index in [4.69, 9.17) is 5.73 Å². The van der Waals surface area contributed by atoms with Crippen molar-refractivity contribution in [1.82, 2.24) is 24.4 Å². The smallest absolute Gasteiger partial charge is 0.408 e. The van der Waals surface area contributed by atoms with Crippen LogP contribution in [-0.4, -0.2) is 47.2 Å². The molecule has 1 atom stereocenters. The Balaban J connectivity index is 1.92. The van der Waals surface area contributed by atoms with E-state index < -0.39 is 17.7 Å². The van der Waals surface area contributed by atoms with E-state index in [1.165, 1.54) is 11.2 Å². The SMILES string of the molecule is C=CC(Cn1c(Br)c(-c2cnc3ccccc3c2)c2c(N)ncnc21)N(C(=O)O)C(C)(C)C. The average molecular weight is 509 g/mol. The molecule has 170 valence electrons. The normalized spacial score (nSPS) is 12.7. The van der Waals surface area contributed by atoms with Crippen molar-refractivity contribution in [2.45, 2.75) is 38.9 Å². The number of carbonyl (C=O) groups is 1. The van der Waals surface area contributed by atoms with Crippen LogP contribution >= 0.6 is 15.9 Å². The number of fused-ring (bicyclic) bond motifs is 2. The number of halogens is 1. The summed E-state index contributed by atoms with van der Waals surface area (Å²) in [6.45, 7) is 9.75. The van der Waals surface area contributed by atoms with Gasteiger partial charge in [0.25, 0.3) is 0 Å². The van der Waals surface area contributed by atoms with E-state index in [-0.39, 0.29) is 0 Å². The van der Waals surface area contributed by atoms with Crippen LogP contribution in [0.5, 0.6) is 0 Å². The number of rotatable bonds is 5. The molecule has 1 unspecified atom stereocenters.